The minimum absolute atomic E-state index is 0.485. The highest BCUT2D eigenvalue weighted by Gasteiger charge is 2.17. The van der Waals surface area contributed by atoms with E-state index in [9.17, 15) is 4.39 Å². The smallest absolute Gasteiger partial charge is 0.218 e. The van der Waals surface area contributed by atoms with Gasteiger partial charge in [-0.25, -0.2) is 9.97 Å². The number of fused-ring (bicyclic) bond motifs is 1. The lowest BCUT2D eigenvalue weighted by molar-refractivity contribution is 0.579. The van der Waals surface area contributed by atoms with Crippen molar-refractivity contribution in [1.82, 2.24) is 9.97 Å². The van der Waals surface area contributed by atoms with Crippen molar-refractivity contribution in [1.29, 1.82) is 0 Å². The summed E-state index contributed by atoms with van der Waals surface area (Å²) in [5, 5.41) is 0. The summed E-state index contributed by atoms with van der Waals surface area (Å²) >= 11 is 0. The first-order chi connectivity index (χ1) is 8.84. The van der Waals surface area contributed by atoms with Gasteiger partial charge in [0.2, 0.25) is 5.95 Å². The number of anilines is 2. The third-order valence-electron chi connectivity index (χ3n) is 3.26. The van der Waals surface area contributed by atoms with Crippen molar-refractivity contribution in [2.24, 2.45) is 0 Å². The Balaban J connectivity index is 2.06. The van der Waals surface area contributed by atoms with Gasteiger partial charge in [0.05, 0.1) is 0 Å². The summed E-state index contributed by atoms with van der Waals surface area (Å²) in [5.74, 6) is 0.151. The Hall–Kier alpha value is -1.97. The second kappa shape index (κ2) is 4.72. The number of benzene rings is 1. The van der Waals surface area contributed by atoms with Gasteiger partial charge in [-0.05, 0) is 30.9 Å². The molecule has 1 aliphatic rings. The van der Waals surface area contributed by atoms with Crippen LogP contribution in [-0.4, -0.2) is 16.5 Å². The summed E-state index contributed by atoms with van der Waals surface area (Å²) in [4.78, 5) is 9.76. The topological polar surface area (TPSA) is 29.0 Å². The number of para-hydroxylation sites is 1. The first-order valence-corrected chi connectivity index (χ1v) is 6.17. The molecule has 18 heavy (non-hydrogen) atoms. The van der Waals surface area contributed by atoms with Crippen LogP contribution < -0.4 is 4.90 Å². The molecule has 0 saturated carbocycles. The first-order valence-electron chi connectivity index (χ1n) is 6.17. The monoisotopic (exact) mass is 243 g/mol. The van der Waals surface area contributed by atoms with E-state index in [0.717, 1.165) is 31.5 Å². The maximum absolute atomic E-state index is 13.2. The highest BCUT2D eigenvalue weighted by molar-refractivity contribution is 5.64. The summed E-state index contributed by atoms with van der Waals surface area (Å²) in [6.45, 7) is 0.869. The Kier molecular flexibility index (Phi) is 2.92. The van der Waals surface area contributed by atoms with Crippen LogP contribution >= 0.6 is 0 Å². The third kappa shape index (κ3) is 2.06. The lowest BCUT2D eigenvalue weighted by Gasteiger charge is -2.23. The highest BCUT2D eigenvalue weighted by atomic mass is 19.1. The molecule has 0 atom stereocenters. The molecule has 0 unspecified atom stereocenters. The van der Waals surface area contributed by atoms with Gasteiger partial charge in [-0.1, -0.05) is 18.2 Å². The summed E-state index contributed by atoms with van der Waals surface area (Å²) < 4.78 is 13.2. The molecule has 3 rings (SSSR count). The Bertz CT molecular complexity index is 556. The van der Waals surface area contributed by atoms with Crippen LogP contribution in [0.25, 0.3) is 0 Å². The van der Waals surface area contributed by atoms with Gasteiger partial charge in [0.15, 0.2) is 0 Å². The number of halogens is 1. The largest absolute Gasteiger partial charge is 0.326 e. The number of rotatable bonds is 1. The van der Waals surface area contributed by atoms with Crippen molar-refractivity contribution in [2.45, 2.75) is 19.3 Å². The van der Waals surface area contributed by atoms with Crippen molar-refractivity contribution >= 4 is 11.5 Å². The summed E-state index contributed by atoms with van der Waals surface area (Å²) in [6.07, 6.45) is 4.58. The number of aryl methyl sites for hydroxylation is 1. The average Bonchev–Trinajstić information content (AvgIpc) is 2.61. The third-order valence-corrected chi connectivity index (χ3v) is 3.26. The zero-order valence-electron chi connectivity index (χ0n) is 10.0. The van der Waals surface area contributed by atoms with Crippen molar-refractivity contribution in [3.05, 3.63) is 48.2 Å². The maximum Gasteiger partial charge on any atom is 0.218 e. The van der Waals surface area contributed by atoms with E-state index in [1.54, 1.807) is 0 Å². The van der Waals surface area contributed by atoms with Crippen LogP contribution in [0.4, 0.5) is 15.9 Å². The summed E-state index contributed by atoms with van der Waals surface area (Å²) in [7, 11) is 0. The highest BCUT2D eigenvalue weighted by Crippen LogP contribution is 2.31. The summed E-state index contributed by atoms with van der Waals surface area (Å²) in [5.41, 5.74) is 2.43. The molecule has 0 fully saturated rings. The van der Waals surface area contributed by atoms with Crippen LogP contribution in [0.5, 0.6) is 0 Å². The van der Waals surface area contributed by atoms with E-state index in [1.165, 1.54) is 18.0 Å². The number of hydrogen-bond acceptors (Lipinski definition) is 3. The predicted octanol–water partition coefficient (Wildman–Crippen LogP) is 3.09. The van der Waals surface area contributed by atoms with Gasteiger partial charge < -0.3 is 4.90 Å². The van der Waals surface area contributed by atoms with Crippen LogP contribution in [0.3, 0.4) is 0 Å². The molecule has 4 heteroatoms. The predicted molar refractivity (Wildman–Crippen MR) is 68.4 cm³/mol. The molecular formula is C14H14FN3. The van der Waals surface area contributed by atoms with E-state index in [1.807, 2.05) is 12.1 Å². The molecule has 0 radical (unpaired) electrons. The lowest BCUT2D eigenvalue weighted by atomic mass is 10.1. The fraction of sp³-hybridized carbons (Fsp3) is 0.286. The van der Waals surface area contributed by atoms with Gasteiger partial charge in [-0.3, -0.25) is 0 Å². The Morgan fingerprint density at radius 1 is 1.11 bits per heavy atom. The minimum atomic E-state index is -0.485. The van der Waals surface area contributed by atoms with Gasteiger partial charge >= 0.3 is 0 Å². The van der Waals surface area contributed by atoms with E-state index in [4.69, 9.17) is 0 Å². The molecule has 2 aromatic rings. The molecule has 1 aliphatic heterocycles. The van der Waals surface area contributed by atoms with Gasteiger partial charge in [0.1, 0.15) is 12.1 Å². The maximum atomic E-state index is 13.2. The van der Waals surface area contributed by atoms with Crippen molar-refractivity contribution in [2.75, 3.05) is 11.4 Å². The van der Waals surface area contributed by atoms with E-state index in [2.05, 4.69) is 27.0 Å². The normalized spacial score (nSPS) is 15.1. The number of aromatic nitrogens is 2. The fourth-order valence-electron chi connectivity index (χ4n) is 2.40. The van der Waals surface area contributed by atoms with Gasteiger partial charge in [-0.2, -0.15) is 4.39 Å². The van der Waals surface area contributed by atoms with Gasteiger partial charge in [0.25, 0.3) is 0 Å². The standard InChI is InChI=1S/C14H14FN3/c15-13-9-14(17-10-16-13)18-8-4-3-6-11-5-1-2-7-12(11)18/h1-2,5,7,9-10H,3-4,6,8H2. The van der Waals surface area contributed by atoms with E-state index < -0.39 is 5.95 Å². The molecule has 92 valence electrons. The van der Waals surface area contributed by atoms with Gasteiger partial charge in [-0.15, -0.1) is 0 Å². The van der Waals surface area contributed by atoms with Crippen LogP contribution in [-0.2, 0) is 6.42 Å². The van der Waals surface area contributed by atoms with Crippen molar-refractivity contribution in [3.63, 3.8) is 0 Å². The molecular weight excluding hydrogens is 229 g/mol. The minimum Gasteiger partial charge on any atom is -0.326 e. The summed E-state index contributed by atoms with van der Waals surface area (Å²) in [6, 6.07) is 9.64. The quantitative estimate of drug-likeness (QED) is 0.721. The van der Waals surface area contributed by atoms with Crippen LogP contribution in [0, 0.1) is 5.95 Å². The zero-order chi connectivity index (χ0) is 12.4. The van der Waals surface area contributed by atoms with E-state index in [-0.39, 0.29) is 0 Å². The molecule has 2 heterocycles. The Morgan fingerprint density at radius 3 is 2.89 bits per heavy atom. The van der Waals surface area contributed by atoms with Crippen LogP contribution in [0.2, 0.25) is 0 Å². The molecule has 1 aromatic heterocycles. The average molecular weight is 243 g/mol. The first kappa shape index (κ1) is 11.1. The van der Waals surface area contributed by atoms with Crippen LogP contribution in [0.15, 0.2) is 36.7 Å². The second-order valence-electron chi connectivity index (χ2n) is 4.44. The molecule has 0 saturated heterocycles. The lowest BCUT2D eigenvalue weighted by Crippen LogP contribution is -2.19. The van der Waals surface area contributed by atoms with Crippen molar-refractivity contribution in [3.8, 4) is 0 Å². The fourth-order valence-corrected chi connectivity index (χ4v) is 2.40. The van der Waals surface area contributed by atoms with Gasteiger partial charge in [0, 0.05) is 18.3 Å². The molecule has 0 N–H and O–H groups in total. The number of nitrogens with zero attached hydrogens (tertiary/aromatic N) is 3. The molecule has 0 bridgehead atoms. The molecule has 0 aliphatic carbocycles. The van der Waals surface area contributed by atoms with E-state index >= 15 is 0 Å². The Labute approximate surface area is 105 Å². The Morgan fingerprint density at radius 2 is 2.00 bits per heavy atom. The molecule has 0 spiro atoms. The van der Waals surface area contributed by atoms with Crippen molar-refractivity contribution < 1.29 is 4.39 Å². The SMILES string of the molecule is Fc1cc(N2CCCCc3ccccc32)ncn1. The molecule has 3 nitrogen and oxygen atoms in total. The number of hydrogen-bond donors (Lipinski definition) is 0. The van der Waals surface area contributed by atoms with Crippen LogP contribution in [0.1, 0.15) is 18.4 Å². The molecule has 0 amide bonds. The zero-order valence-corrected chi connectivity index (χ0v) is 10.0. The van der Waals surface area contributed by atoms with E-state index in [0.29, 0.717) is 5.82 Å². The molecule has 1 aromatic carbocycles. The second-order valence-corrected chi connectivity index (χ2v) is 4.44.